The predicted octanol–water partition coefficient (Wildman–Crippen LogP) is 9.59. The lowest BCUT2D eigenvalue weighted by Gasteiger charge is -2.32. The Bertz CT molecular complexity index is 757. The van der Waals surface area contributed by atoms with E-state index < -0.39 is 0 Å². The van der Waals surface area contributed by atoms with Crippen LogP contribution in [0.25, 0.3) is 0 Å². The number of allylic oxidation sites excluding steroid dienone is 2. The van der Waals surface area contributed by atoms with Gasteiger partial charge in [-0.2, -0.15) is 0 Å². The molecule has 0 N–H and O–H groups in total. The fourth-order valence-corrected chi connectivity index (χ4v) is 7.08. The molecule has 5 heteroatoms. The molecule has 2 fully saturated rings. The van der Waals surface area contributed by atoms with Crippen molar-refractivity contribution in [2.45, 2.75) is 161 Å². The fourth-order valence-electron chi connectivity index (χ4n) is 7.08. The molecule has 1 saturated carbocycles. The average molecular weight is 588 g/mol. The van der Waals surface area contributed by atoms with Crippen LogP contribution in [0.2, 0.25) is 0 Å². The molecule has 0 aromatic heterocycles. The second kappa shape index (κ2) is 22.9. The summed E-state index contributed by atoms with van der Waals surface area (Å²) >= 11 is 0. The van der Waals surface area contributed by atoms with Gasteiger partial charge in [-0.1, -0.05) is 84.1 Å². The number of ether oxygens (including phenoxy) is 2. The molecule has 2 unspecified atom stereocenters. The van der Waals surface area contributed by atoms with Gasteiger partial charge in [0.2, 0.25) is 5.91 Å². The number of carbonyl (C=O) groups excluding carboxylic acids is 2. The normalized spacial score (nSPS) is 21.6. The topological polar surface area (TPSA) is 55.8 Å². The van der Waals surface area contributed by atoms with Gasteiger partial charge < -0.3 is 19.2 Å². The molecular weight excluding hydrogens is 522 g/mol. The molecule has 1 amide bonds. The Morgan fingerprint density at radius 2 is 1.67 bits per heavy atom. The van der Waals surface area contributed by atoms with Crippen LogP contribution < -0.4 is 0 Å². The number of aldehydes is 1. The Labute approximate surface area is 259 Å². The first-order valence-electron chi connectivity index (χ1n) is 17.8. The number of carbonyl (C=O) groups is 2. The number of likely N-dealkylation sites (tertiary alicyclic amines) is 1. The average Bonchev–Trinajstić information content (AvgIpc) is 3.21. The Balaban J connectivity index is 1.86. The molecule has 2 rings (SSSR count). The summed E-state index contributed by atoms with van der Waals surface area (Å²) in [4.78, 5) is 27.4. The molecule has 4 atom stereocenters. The molecule has 0 aromatic rings. The van der Waals surface area contributed by atoms with Crippen LogP contribution in [0.1, 0.15) is 149 Å². The predicted molar refractivity (Wildman–Crippen MR) is 175 cm³/mol. The van der Waals surface area contributed by atoms with Crippen LogP contribution in [0.3, 0.4) is 0 Å². The van der Waals surface area contributed by atoms with Crippen LogP contribution in [0.4, 0.5) is 0 Å². The van der Waals surface area contributed by atoms with E-state index in [1.54, 1.807) is 0 Å². The minimum atomic E-state index is 0.117. The minimum absolute atomic E-state index is 0.117. The third kappa shape index (κ3) is 14.2. The second-order valence-corrected chi connectivity index (χ2v) is 13.2. The van der Waals surface area contributed by atoms with Crippen molar-refractivity contribution in [3.8, 4) is 0 Å². The van der Waals surface area contributed by atoms with Gasteiger partial charge in [-0.3, -0.25) is 4.79 Å². The summed E-state index contributed by atoms with van der Waals surface area (Å²) in [5, 5.41) is 0. The van der Waals surface area contributed by atoms with E-state index in [2.05, 4.69) is 31.4 Å². The Kier molecular flexibility index (Phi) is 19.9. The Morgan fingerprint density at radius 1 is 0.952 bits per heavy atom. The summed E-state index contributed by atoms with van der Waals surface area (Å²) in [6.07, 6.45) is 27.2. The van der Waals surface area contributed by atoms with Gasteiger partial charge in [0.1, 0.15) is 12.9 Å². The highest BCUT2D eigenvalue weighted by atomic mass is 16.5. The molecule has 5 nitrogen and oxygen atoms in total. The molecule has 1 heterocycles. The third-order valence-corrected chi connectivity index (χ3v) is 9.73. The van der Waals surface area contributed by atoms with E-state index in [1.165, 1.54) is 70.6 Å². The molecule has 0 bridgehead atoms. The van der Waals surface area contributed by atoms with Crippen LogP contribution in [0.5, 0.6) is 0 Å². The largest absolute Gasteiger partial charge is 0.496 e. The van der Waals surface area contributed by atoms with Crippen molar-refractivity contribution >= 4 is 12.2 Å². The van der Waals surface area contributed by atoms with Crippen molar-refractivity contribution < 1.29 is 19.1 Å². The Morgan fingerprint density at radius 3 is 2.33 bits per heavy atom. The highest BCUT2D eigenvalue weighted by Crippen LogP contribution is 2.33. The molecule has 0 radical (unpaired) electrons. The highest BCUT2D eigenvalue weighted by molar-refractivity contribution is 5.77. The van der Waals surface area contributed by atoms with Gasteiger partial charge in [0.15, 0.2) is 0 Å². The monoisotopic (exact) mass is 587 g/mol. The molecule has 1 saturated heterocycles. The molecule has 1 aliphatic heterocycles. The van der Waals surface area contributed by atoms with Gasteiger partial charge in [0.25, 0.3) is 0 Å². The SMILES string of the molecule is C=CC[C@H]1CC[C@@H](CO/C(=C\C)CC(CC=O)CC(CC)COCCCCCCCC)N1C(=O)CC1CCCCCC1. The van der Waals surface area contributed by atoms with Gasteiger partial charge in [-0.15, -0.1) is 6.58 Å². The minimum Gasteiger partial charge on any atom is -0.496 e. The number of hydrogen-bond donors (Lipinski definition) is 0. The number of unbranched alkanes of at least 4 members (excludes halogenated alkanes) is 5. The zero-order valence-corrected chi connectivity index (χ0v) is 27.7. The van der Waals surface area contributed by atoms with Crippen molar-refractivity contribution in [3.05, 3.63) is 24.5 Å². The van der Waals surface area contributed by atoms with Crippen LogP contribution >= 0.6 is 0 Å². The maximum Gasteiger partial charge on any atom is 0.223 e. The summed E-state index contributed by atoms with van der Waals surface area (Å²) in [5.41, 5.74) is 0. The summed E-state index contributed by atoms with van der Waals surface area (Å²) in [6.45, 7) is 12.6. The molecule has 242 valence electrons. The van der Waals surface area contributed by atoms with Crippen LogP contribution in [-0.2, 0) is 19.1 Å². The lowest BCUT2D eigenvalue weighted by molar-refractivity contribution is -0.136. The van der Waals surface area contributed by atoms with Crippen LogP contribution in [0, 0.1) is 17.8 Å². The van der Waals surface area contributed by atoms with Gasteiger partial charge >= 0.3 is 0 Å². The number of hydrogen-bond acceptors (Lipinski definition) is 4. The lowest BCUT2D eigenvalue weighted by atomic mass is 9.88. The summed E-state index contributed by atoms with van der Waals surface area (Å²) < 4.78 is 12.5. The van der Waals surface area contributed by atoms with Crippen molar-refractivity contribution in [2.24, 2.45) is 17.8 Å². The maximum atomic E-state index is 13.6. The number of amides is 1. The molecule has 0 spiro atoms. The zero-order valence-electron chi connectivity index (χ0n) is 27.7. The first-order chi connectivity index (χ1) is 20.6. The quantitative estimate of drug-likeness (QED) is 0.0393. The van der Waals surface area contributed by atoms with E-state index in [4.69, 9.17) is 9.47 Å². The van der Waals surface area contributed by atoms with Gasteiger partial charge in [0, 0.05) is 38.5 Å². The third-order valence-electron chi connectivity index (χ3n) is 9.73. The maximum absolute atomic E-state index is 13.6. The van der Waals surface area contributed by atoms with Crippen LogP contribution in [-0.4, -0.2) is 49.0 Å². The first kappa shape index (κ1) is 36.6. The van der Waals surface area contributed by atoms with E-state index in [1.807, 2.05) is 13.0 Å². The van der Waals surface area contributed by atoms with Crippen molar-refractivity contribution in [1.82, 2.24) is 4.90 Å². The number of nitrogens with zero attached hydrogens (tertiary/aromatic N) is 1. The first-order valence-corrected chi connectivity index (χ1v) is 17.8. The van der Waals surface area contributed by atoms with E-state index in [0.717, 1.165) is 70.2 Å². The second-order valence-electron chi connectivity index (χ2n) is 13.2. The van der Waals surface area contributed by atoms with Crippen molar-refractivity contribution in [3.63, 3.8) is 0 Å². The fraction of sp³-hybridized carbons (Fsp3) is 0.838. The van der Waals surface area contributed by atoms with E-state index in [9.17, 15) is 9.59 Å². The lowest BCUT2D eigenvalue weighted by Crippen LogP contribution is -2.43. The molecule has 0 aromatic carbocycles. The Hall–Kier alpha value is -1.62. The molecule has 2 aliphatic rings. The van der Waals surface area contributed by atoms with Gasteiger partial charge in [-0.25, -0.2) is 0 Å². The van der Waals surface area contributed by atoms with Crippen molar-refractivity contribution in [2.75, 3.05) is 19.8 Å². The summed E-state index contributed by atoms with van der Waals surface area (Å²) in [5.74, 6) is 2.50. The molecule has 1 aliphatic carbocycles. The zero-order chi connectivity index (χ0) is 30.4. The van der Waals surface area contributed by atoms with E-state index in [-0.39, 0.29) is 18.0 Å². The van der Waals surface area contributed by atoms with Gasteiger partial charge in [0.05, 0.1) is 11.8 Å². The van der Waals surface area contributed by atoms with E-state index in [0.29, 0.717) is 37.2 Å². The van der Waals surface area contributed by atoms with E-state index >= 15 is 0 Å². The summed E-state index contributed by atoms with van der Waals surface area (Å²) in [6, 6.07) is 0.361. The van der Waals surface area contributed by atoms with Crippen LogP contribution in [0.15, 0.2) is 24.5 Å². The van der Waals surface area contributed by atoms with Gasteiger partial charge in [-0.05, 0) is 75.7 Å². The standard InChI is InChI=1S/C37H65NO4/c1-5-9-10-11-14-17-25-41-29-31(7-3)26-33(23-24-39)27-36(8-4)42-30-35-22-21-34(18-6-2)38(35)37(40)28-32-19-15-12-13-16-20-32/h6,8,24,31-35H,2,5,7,9-23,25-30H2,1,3-4H3/b36-8-/t31?,33?,34-,35-/m0/s1. The van der Waals surface area contributed by atoms with Crippen molar-refractivity contribution in [1.29, 1.82) is 0 Å². The molecular formula is C37H65NO4. The number of rotatable bonds is 23. The smallest absolute Gasteiger partial charge is 0.223 e. The summed E-state index contributed by atoms with van der Waals surface area (Å²) in [7, 11) is 0. The molecule has 42 heavy (non-hydrogen) atoms. The highest BCUT2D eigenvalue weighted by Gasteiger charge is 2.37.